The molecule has 0 saturated heterocycles. The first-order valence-corrected chi connectivity index (χ1v) is 7.52. The maximum Gasteiger partial charge on any atom is 0.0416 e. The molecule has 1 rings (SSSR count). The van der Waals surface area contributed by atoms with E-state index in [1.165, 1.54) is 25.1 Å². The first-order valence-electron chi connectivity index (χ1n) is 6.40. The van der Waals surface area contributed by atoms with E-state index in [1.807, 2.05) is 12.3 Å². The zero-order valence-corrected chi connectivity index (χ0v) is 12.5. The van der Waals surface area contributed by atoms with Crippen LogP contribution in [0.25, 0.3) is 0 Å². The van der Waals surface area contributed by atoms with E-state index in [9.17, 15) is 0 Å². The molecule has 3 heteroatoms. The Labute approximate surface area is 114 Å². The lowest BCUT2D eigenvalue weighted by Crippen LogP contribution is -2.28. The van der Waals surface area contributed by atoms with Gasteiger partial charge in [0, 0.05) is 36.7 Å². The summed E-state index contributed by atoms with van der Waals surface area (Å²) in [7, 11) is 2.20. The second kappa shape index (κ2) is 8.65. The monoisotopic (exact) mass is 298 g/mol. The van der Waals surface area contributed by atoms with E-state index >= 15 is 0 Å². The summed E-state index contributed by atoms with van der Waals surface area (Å²) in [6, 6.07) is 6.12. The Balaban J connectivity index is 2.27. The van der Waals surface area contributed by atoms with Crippen molar-refractivity contribution in [1.82, 2.24) is 9.88 Å². The minimum Gasteiger partial charge on any atom is -0.306 e. The van der Waals surface area contributed by atoms with Gasteiger partial charge in [-0.25, -0.2) is 0 Å². The van der Waals surface area contributed by atoms with Crippen LogP contribution in [0.4, 0.5) is 0 Å². The standard InChI is InChI=1S/C14H23BrN2/c1-3-6-13(11-15)12-17(2)10-8-14-7-4-5-9-16-14/h4-5,7,9,13H,3,6,8,10-12H2,1-2H3. The third kappa shape index (κ3) is 6.18. The Bertz CT molecular complexity index is 290. The average molecular weight is 299 g/mol. The molecule has 0 saturated carbocycles. The highest BCUT2D eigenvalue weighted by molar-refractivity contribution is 9.09. The summed E-state index contributed by atoms with van der Waals surface area (Å²) in [5.74, 6) is 0.772. The molecular weight excluding hydrogens is 276 g/mol. The van der Waals surface area contributed by atoms with Gasteiger partial charge in [-0.1, -0.05) is 35.3 Å². The molecule has 1 heterocycles. The van der Waals surface area contributed by atoms with E-state index in [2.05, 4.69) is 51.9 Å². The van der Waals surface area contributed by atoms with Crippen LogP contribution in [0.3, 0.4) is 0 Å². The zero-order chi connectivity index (χ0) is 12.5. The molecule has 17 heavy (non-hydrogen) atoms. The van der Waals surface area contributed by atoms with Crippen molar-refractivity contribution in [2.24, 2.45) is 5.92 Å². The van der Waals surface area contributed by atoms with Gasteiger partial charge in [0.1, 0.15) is 0 Å². The molecule has 1 atom stereocenters. The molecule has 0 amide bonds. The Hall–Kier alpha value is -0.410. The topological polar surface area (TPSA) is 16.1 Å². The summed E-state index contributed by atoms with van der Waals surface area (Å²) in [6.07, 6.45) is 5.48. The highest BCUT2D eigenvalue weighted by Crippen LogP contribution is 2.11. The molecule has 0 aliphatic heterocycles. The SMILES string of the molecule is CCCC(CBr)CN(C)CCc1ccccn1. The number of alkyl halides is 1. The summed E-state index contributed by atoms with van der Waals surface area (Å²) in [5, 5.41) is 1.11. The molecular formula is C14H23BrN2. The first-order chi connectivity index (χ1) is 8.26. The average Bonchev–Trinajstić information content (AvgIpc) is 2.37. The van der Waals surface area contributed by atoms with Crippen LogP contribution in [0, 0.1) is 5.92 Å². The quantitative estimate of drug-likeness (QED) is 0.684. The largest absolute Gasteiger partial charge is 0.306 e. The van der Waals surface area contributed by atoms with E-state index in [4.69, 9.17) is 0 Å². The number of hydrogen-bond acceptors (Lipinski definition) is 2. The van der Waals surface area contributed by atoms with Gasteiger partial charge in [-0.15, -0.1) is 0 Å². The summed E-state index contributed by atoms with van der Waals surface area (Å²) >= 11 is 3.60. The first kappa shape index (κ1) is 14.7. The molecule has 0 aliphatic rings. The summed E-state index contributed by atoms with van der Waals surface area (Å²) in [6.45, 7) is 4.51. The van der Waals surface area contributed by atoms with Crippen molar-refractivity contribution in [3.63, 3.8) is 0 Å². The molecule has 2 nitrogen and oxygen atoms in total. The Morgan fingerprint density at radius 3 is 2.82 bits per heavy atom. The minimum atomic E-state index is 0.772. The third-order valence-corrected chi connectivity index (χ3v) is 3.88. The Kier molecular flexibility index (Phi) is 7.45. The fraction of sp³-hybridized carbons (Fsp3) is 0.643. The molecule has 0 aliphatic carbocycles. The van der Waals surface area contributed by atoms with Gasteiger partial charge in [0.15, 0.2) is 0 Å². The van der Waals surface area contributed by atoms with E-state index in [0.29, 0.717) is 0 Å². The molecule has 1 aromatic heterocycles. The molecule has 0 fully saturated rings. The molecule has 0 bridgehead atoms. The van der Waals surface area contributed by atoms with E-state index < -0.39 is 0 Å². The van der Waals surface area contributed by atoms with Crippen molar-refractivity contribution in [2.45, 2.75) is 26.2 Å². The minimum absolute atomic E-state index is 0.772. The van der Waals surface area contributed by atoms with Crippen molar-refractivity contribution in [3.05, 3.63) is 30.1 Å². The lowest BCUT2D eigenvalue weighted by molar-refractivity contribution is 0.283. The smallest absolute Gasteiger partial charge is 0.0416 e. The number of rotatable bonds is 8. The van der Waals surface area contributed by atoms with Crippen LogP contribution < -0.4 is 0 Å². The summed E-state index contributed by atoms with van der Waals surface area (Å²) in [4.78, 5) is 6.76. The van der Waals surface area contributed by atoms with Crippen molar-refractivity contribution in [1.29, 1.82) is 0 Å². The maximum atomic E-state index is 4.35. The van der Waals surface area contributed by atoms with E-state index in [-0.39, 0.29) is 0 Å². The highest BCUT2D eigenvalue weighted by Gasteiger charge is 2.09. The Morgan fingerprint density at radius 2 is 2.24 bits per heavy atom. The summed E-state index contributed by atoms with van der Waals surface area (Å²) in [5.41, 5.74) is 1.19. The van der Waals surface area contributed by atoms with Crippen LogP contribution >= 0.6 is 15.9 Å². The van der Waals surface area contributed by atoms with Crippen molar-refractivity contribution in [2.75, 3.05) is 25.5 Å². The van der Waals surface area contributed by atoms with Crippen LogP contribution in [-0.4, -0.2) is 35.4 Å². The van der Waals surface area contributed by atoms with Crippen LogP contribution in [0.2, 0.25) is 0 Å². The fourth-order valence-electron chi connectivity index (χ4n) is 2.01. The molecule has 0 aromatic carbocycles. The lowest BCUT2D eigenvalue weighted by atomic mass is 10.1. The van der Waals surface area contributed by atoms with Crippen LogP contribution in [0.5, 0.6) is 0 Å². The second-order valence-electron chi connectivity index (χ2n) is 4.64. The zero-order valence-electron chi connectivity index (χ0n) is 10.9. The number of aromatic nitrogens is 1. The van der Waals surface area contributed by atoms with E-state index in [0.717, 1.165) is 24.2 Å². The number of pyridine rings is 1. The van der Waals surface area contributed by atoms with Gasteiger partial charge in [0.25, 0.3) is 0 Å². The van der Waals surface area contributed by atoms with Crippen molar-refractivity contribution in [3.8, 4) is 0 Å². The molecule has 1 unspecified atom stereocenters. The number of likely N-dealkylation sites (N-methyl/N-ethyl adjacent to an activating group) is 1. The van der Waals surface area contributed by atoms with Crippen LogP contribution in [-0.2, 0) is 6.42 Å². The Morgan fingerprint density at radius 1 is 1.41 bits per heavy atom. The van der Waals surface area contributed by atoms with Crippen LogP contribution in [0.1, 0.15) is 25.5 Å². The summed E-state index contributed by atoms with van der Waals surface area (Å²) < 4.78 is 0. The predicted octanol–water partition coefficient (Wildman–Crippen LogP) is 3.37. The van der Waals surface area contributed by atoms with Gasteiger partial charge in [0.05, 0.1) is 0 Å². The second-order valence-corrected chi connectivity index (χ2v) is 5.29. The van der Waals surface area contributed by atoms with Gasteiger partial charge in [0.2, 0.25) is 0 Å². The number of halogens is 1. The third-order valence-electron chi connectivity index (χ3n) is 2.96. The molecule has 0 spiro atoms. The number of nitrogens with zero attached hydrogens (tertiary/aromatic N) is 2. The molecule has 0 radical (unpaired) electrons. The van der Waals surface area contributed by atoms with Crippen molar-refractivity contribution >= 4 is 15.9 Å². The fourth-order valence-corrected chi connectivity index (χ4v) is 2.54. The van der Waals surface area contributed by atoms with Crippen LogP contribution in [0.15, 0.2) is 24.4 Å². The highest BCUT2D eigenvalue weighted by atomic mass is 79.9. The van der Waals surface area contributed by atoms with Crippen molar-refractivity contribution < 1.29 is 0 Å². The molecule has 0 N–H and O–H groups in total. The number of hydrogen-bond donors (Lipinski definition) is 0. The van der Waals surface area contributed by atoms with Gasteiger partial charge >= 0.3 is 0 Å². The predicted molar refractivity (Wildman–Crippen MR) is 77.6 cm³/mol. The van der Waals surface area contributed by atoms with Gasteiger partial charge in [-0.05, 0) is 31.5 Å². The van der Waals surface area contributed by atoms with Gasteiger partial charge < -0.3 is 4.90 Å². The van der Waals surface area contributed by atoms with Gasteiger partial charge in [-0.3, -0.25) is 4.98 Å². The maximum absolute atomic E-state index is 4.35. The molecule has 1 aromatic rings. The lowest BCUT2D eigenvalue weighted by Gasteiger charge is -2.22. The normalized spacial score (nSPS) is 12.9. The van der Waals surface area contributed by atoms with E-state index in [1.54, 1.807) is 0 Å². The van der Waals surface area contributed by atoms with Gasteiger partial charge in [-0.2, -0.15) is 0 Å². The molecule has 96 valence electrons.